The molecule has 7 heteroatoms. The van der Waals surface area contributed by atoms with Gasteiger partial charge in [0.1, 0.15) is 6.04 Å². The topological polar surface area (TPSA) is 90.9 Å². The van der Waals surface area contributed by atoms with Crippen LogP contribution in [0.5, 0.6) is 11.5 Å². The minimum atomic E-state index is -0.596. The lowest BCUT2D eigenvalue weighted by Gasteiger charge is -2.35. The first kappa shape index (κ1) is 15.1. The average Bonchev–Trinajstić information content (AvgIpc) is 2.53. The molecule has 1 aliphatic rings. The summed E-state index contributed by atoms with van der Waals surface area (Å²) in [5, 5.41) is 15.7. The second kappa shape index (κ2) is 6.45. The van der Waals surface area contributed by atoms with Crippen LogP contribution in [0.1, 0.15) is 10.4 Å². The van der Waals surface area contributed by atoms with Crippen molar-refractivity contribution in [3.63, 3.8) is 0 Å². The fraction of sp³-hybridized carbons (Fsp3) is 0.429. The number of phenolic OH excluding ortho intramolecular Hbond substituents is 1. The van der Waals surface area contributed by atoms with Gasteiger partial charge in [0, 0.05) is 26.7 Å². The number of carbonyl (C=O) groups is 2. The van der Waals surface area contributed by atoms with Gasteiger partial charge in [-0.15, -0.1) is 0 Å². The number of carbonyl (C=O) groups excluding carboxylic acids is 2. The van der Waals surface area contributed by atoms with Crippen molar-refractivity contribution in [2.75, 3.05) is 33.8 Å². The zero-order chi connectivity index (χ0) is 15.4. The normalized spacial score (nSPS) is 18.2. The fourth-order valence-electron chi connectivity index (χ4n) is 2.36. The molecule has 0 aromatic heterocycles. The highest BCUT2D eigenvalue weighted by Gasteiger charge is 2.33. The summed E-state index contributed by atoms with van der Waals surface area (Å²) in [6.07, 6.45) is 0. The Balaban J connectivity index is 2.31. The number of nitrogens with zero attached hydrogens (tertiary/aromatic N) is 1. The molecular formula is C14H19N3O4. The van der Waals surface area contributed by atoms with E-state index in [1.165, 1.54) is 25.1 Å². The van der Waals surface area contributed by atoms with Gasteiger partial charge in [-0.2, -0.15) is 0 Å². The minimum Gasteiger partial charge on any atom is -0.504 e. The van der Waals surface area contributed by atoms with Crippen LogP contribution in [0.15, 0.2) is 18.2 Å². The number of nitrogens with one attached hydrogen (secondary N) is 2. The first-order chi connectivity index (χ1) is 10.1. The molecule has 1 atom stereocenters. The number of ether oxygens (including phenoxy) is 1. The molecule has 1 fully saturated rings. The molecule has 0 spiro atoms. The Bertz CT molecular complexity index is 547. The number of amides is 2. The number of likely N-dealkylation sites (N-methyl/N-ethyl adjacent to an activating group) is 1. The third kappa shape index (κ3) is 2.92. The molecule has 0 bridgehead atoms. The summed E-state index contributed by atoms with van der Waals surface area (Å²) >= 11 is 0. The summed E-state index contributed by atoms with van der Waals surface area (Å²) in [6.45, 7) is 1.38. The molecule has 2 rings (SSSR count). The Kier molecular flexibility index (Phi) is 4.64. The van der Waals surface area contributed by atoms with Crippen LogP contribution in [-0.2, 0) is 4.79 Å². The number of benzene rings is 1. The van der Waals surface area contributed by atoms with E-state index >= 15 is 0 Å². The van der Waals surface area contributed by atoms with Crippen LogP contribution in [0, 0.1) is 0 Å². The van der Waals surface area contributed by atoms with Gasteiger partial charge in [-0.3, -0.25) is 9.59 Å². The zero-order valence-electron chi connectivity index (χ0n) is 12.0. The maximum absolute atomic E-state index is 12.6. The number of hydrogen-bond acceptors (Lipinski definition) is 5. The zero-order valence-corrected chi connectivity index (χ0v) is 12.0. The first-order valence-electron chi connectivity index (χ1n) is 6.69. The summed E-state index contributed by atoms with van der Waals surface area (Å²) in [5.74, 6) is -0.605. The van der Waals surface area contributed by atoms with E-state index in [0.717, 1.165) is 0 Å². The monoisotopic (exact) mass is 293 g/mol. The van der Waals surface area contributed by atoms with E-state index in [1.54, 1.807) is 12.1 Å². The Morgan fingerprint density at radius 3 is 2.90 bits per heavy atom. The van der Waals surface area contributed by atoms with Crippen LogP contribution < -0.4 is 15.4 Å². The van der Waals surface area contributed by atoms with E-state index in [9.17, 15) is 14.7 Å². The standard InChI is InChI=1S/C14H19N3O4/c1-15-13(19)10-8-16-6-7-17(10)14(20)9-4-3-5-11(21-2)12(9)18/h3-5,10,16,18H,6-8H2,1-2H3,(H,15,19). The fourth-order valence-corrected chi connectivity index (χ4v) is 2.36. The van der Waals surface area contributed by atoms with Gasteiger partial charge in [-0.1, -0.05) is 6.07 Å². The van der Waals surface area contributed by atoms with Crippen LogP contribution in [-0.4, -0.2) is 61.7 Å². The third-order valence-corrected chi connectivity index (χ3v) is 3.50. The predicted octanol–water partition coefficient (Wildman–Crippen LogP) is -0.439. The van der Waals surface area contributed by atoms with Crippen LogP contribution in [0.4, 0.5) is 0 Å². The summed E-state index contributed by atoms with van der Waals surface area (Å²) in [7, 11) is 2.95. The number of hydrogen-bond donors (Lipinski definition) is 3. The van der Waals surface area contributed by atoms with E-state index in [4.69, 9.17) is 4.74 Å². The molecule has 1 saturated heterocycles. The van der Waals surface area contributed by atoms with Gasteiger partial charge < -0.3 is 25.4 Å². The smallest absolute Gasteiger partial charge is 0.258 e. The quantitative estimate of drug-likeness (QED) is 0.703. The lowest BCUT2D eigenvalue weighted by Crippen LogP contribution is -2.59. The highest BCUT2D eigenvalue weighted by Crippen LogP contribution is 2.30. The van der Waals surface area contributed by atoms with E-state index in [0.29, 0.717) is 19.6 Å². The van der Waals surface area contributed by atoms with E-state index < -0.39 is 6.04 Å². The largest absolute Gasteiger partial charge is 0.504 e. The van der Waals surface area contributed by atoms with E-state index in [-0.39, 0.29) is 28.9 Å². The van der Waals surface area contributed by atoms with Gasteiger partial charge in [0.15, 0.2) is 11.5 Å². The van der Waals surface area contributed by atoms with Crippen LogP contribution in [0.3, 0.4) is 0 Å². The summed E-state index contributed by atoms with van der Waals surface area (Å²) in [4.78, 5) is 26.0. The van der Waals surface area contributed by atoms with Crippen molar-refractivity contribution < 1.29 is 19.4 Å². The Hall–Kier alpha value is -2.28. The molecule has 1 aliphatic heterocycles. The second-order valence-corrected chi connectivity index (χ2v) is 4.69. The Morgan fingerprint density at radius 2 is 2.24 bits per heavy atom. The Morgan fingerprint density at radius 1 is 1.48 bits per heavy atom. The minimum absolute atomic E-state index is 0.130. The molecule has 1 aromatic carbocycles. The molecule has 1 aromatic rings. The maximum atomic E-state index is 12.6. The van der Waals surface area contributed by atoms with Crippen molar-refractivity contribution in [1.82, 2.24) is 15.5 Å². The SMILES string of the molecule is CNC(=O)C1CNCCN1C(=O)c1cccc(OC)c1O. The summed E-state index contributed by atoms with van der Waals surface area (Å²) in [6, 6.07) is 4.12. The molecule has 7 nitrogen and oxygen atoms in total. The van der Waals surface area contributed by atoms with Crippen molar-refractivity contribution in [2.24, 2.45) is 0 Å². The molecule has 1 heterocycles. The molecule has 114 valence electrons. The molecule has 21 heavy (non-hydrogen) atoms. The average molecular weight is 293 g/mol. The molecule has 0 saturated carbocycles. The Labute approximate surface area is 122 Å². The van der Waals surface area contributed by atoms with Crippen molar-refractivity contribution in [2.45, 2.75) is 6.04 Å². The van der Waals surface area contributed by atoms with Crippen molar-refractivity contribution in [3.05, 3.63) is 23.8 Å². The molecule has 0 radical (unpaired) electrons. The van der Waals surface area contributed by atoms with Gasteiger partial charge in [-0.05, 0) is 12.1 Å². The lowest BCUT2D eigenvalue weighted by atomic mass is 10.1. The van der Waals surface area contributed by atoms with Crippen molar-refractivity contribution in [1.29, 1.82) is 0 Å². The van der Waals surface area contributed by atoms with Crippen LogP contribution >= 0.6 is 0 Å². The highest BCUT2D eigenvalue weighted by molar-refractivity contribution is 6.00. The van der Waals surface area contributed by atoms with Gasteiger partial charge >= 0.3 is 0 Å². The lowest BCUT2D eigenvalue weighted by molar-refractivity contribution is -0.125. The second-order valence-electron chi connectivity index (χ2n) is 4.69. The van der Waals surface area contributed by atoms with E-state index in [1.807, 2.05) is 0 Å². The summed E-state index contributed by atoms with van der Waals surface area (Å²) in [5.41, 5.74) is 0.130. The van der Waals surface area contributed by atoms with Gasteiger partial charge in [-0.25, -0.2) is 0 Å². The van der Waals surface area contributed by atoms with Gasteiger partial charge in [0.05, 0.1) is 12.7 Å². The highest BCUT2D eigenvalue weighted by atomic mass is 16.5. The predicted molar refractivity (Wildman–Crippen MR) is 76.4 cm³/mol. The molecule has 3 N–H and O–H groups in total. The van der Waals surface area contributed by atoms with Crippen LogP contribution in [0.25, 0.3) is 0 Å². The molecule has 0 aliphatic carbocycles. The number of rotatable bonds is 3. The number of phenols is 1. The number of aromatic hydroxyl groups is 1. The first-order valence-corrected chi connectivity index (χ1v) is 6.69. The van der Waals surface area contributed by atoms with Gasteiger partial charge in [0.2, 0.25) is 5.91 Å². The number of para-hydroxylation sites is 1. The van der Waals surface area contributed by atoms with Crippen molar-refractivity contribution in [3.8, 4) is 11.5 Å². The summed E-state index contributed by atoms with van der Waals surface area (Å²) < 4.78 is 5.01. The number of methoxy groups -OCH3 is 1. The van der Waals surface area contributed by atoms with Gasteiger partial charge in [0.25, 0.3) is 5.91 Å². The number of piperazine rings is 1. The van der Waals surface area contributed by atoms with Crippen LogP contribution in [0.2, 0.25) is 0 Å². The van der Waals surface area contributed by atoms with Crippen molar-refractivity contribution >= 4 is 11.8 Å². The molecule has 1 unspecified atom stereocenters. The third-order valence-electron chi connectivity index (χ3n) is 3.50. The van der Waals surface area contributed by atoms with E-state index in [2.05, 4.69) is 10.6 Å². The maximum Gasteiger partial charge on any atom is 0.258 e. The molecule has 2 amide bonds. The molecular weight excluding hydrogens is 274 g/mol.